The van der Waals surface area contributed by atoms with Gasteiger partial charge in [-0.05, 0) is 79.6 Å². The molecule has 20 heteroatoms. The molecule has 0 saturated carbocycles. The largest absolute Gasteiger partial charge is 0.507 e. The third-order valence-corrected chi connectivity index (χ3v) is 15.2. The number of aliphatic hydroxyl groups excluding tert-OH is 1. The summed E-state index contributed by atoms with van der Waals surface area (Å²) in [5.74, 6) is -0.402. The predicted octanol–water partition coefficient (Wildman–Crippen LogP) is 5.74. The number of carbonyl (C=O) groups is 4. The summed E-state index contributed by atoms with van der Waals surface area (Å²) >= 11 is 1.57. The molecule has 3 aromatic carbocycles. The van der Waals surface area contributed by atoms with Crippen molar-refractivity contribution in [2.24, 2.45) is 5.41 Å². The molecule has 0 spiro atoms. The van der Waals surface area contributed by atoms with Crippen LogP contribution < -0.4 is 30.9 Å². The number of aromatic nitrogens is 3. The van der Waals surface area contributed by atoms with E-state index in [1.54, 1.807) is 35.6 Å². The van der Waals surface area contributed by atoms with E-state index in [0.717, 1.165) is 52.5 Å². The Hall–Kier alpha value is -6.87. The fourth-order valence-corrected chi connectivity index (χ4v) is 10.7. The Labute approximate surface area is 448 Å². The molecule has 8 rings (SSSR count). The third kappa shape index (κ3) is 14.1. The van der Waals surface area contributed by atoms with Crippen LogP contribution in [0.5, 0.6) is 11.5 Å². The number of para-hydroxylation sites is 1. The Morgan fingerprint density at radius 3 is 2.20 bits per heavy atom. The summed E-state index contributed by atoms with van der Waals surface area (Å²) in [5, 5.41) is 35.1. The minimum Gasteiger partial charge on any atom is -0.507 e. The smallest absolute Gasteiger partial charge is 0.246 e. The molecule has 0 bridgehead atoms. The second kappa shape index (κ2) is 25.3. The number of anilines is 3. The van der Waals surface area contributed by atoms with Crippen LogP contribution in [0.3, 0.4) is 0 Å². The number of nitrogen functional groups attached to an aromatic ring is 1. The number of likely N-dealkylation sites (tertiary alicyclic amines) is 1. The van der Waals surface area contributed by atoms with Crippen molar-refractivity contribution in [2.75, 3.05) is 87.8 Å². The maximum absolute atomic E-state index is 14.1. The number of thiazole rings is 1. The standard InChI is InChI=1S/C56H72N10O9S/c1-36(38-12-14-39(15-13-38)51-37(2)58-35-76-51)59-54(71)46-31-42(67)33-66(46)55(72)52(56(3,4)5)60-49(69)20-27-73-29-30-74-28-21-50(70)64-25-23-63(24-26-64)40-16-18-41(19-17-40)65-22-8-9-43(34-65)75-48-32-45(61-62-53(48)57)44-10-6-7-11-47(44)68/h6-7,10-19,32,35-36,42-43,46,52,67-68H,8-9,20-31,33-34H2,1-5H3,(H2,57,62)(H,59,71)(H,60,69)/t36-,42+,43?,46-,52+/m0/s1. The van der Waals surface area contributed by atoms with Crippen molar-refractivity contribution < 1.29 is 43.6 Å². The summed E-state index contributed by atoms with van der Waals surface area (Å²) in [6.45, 7) is 14.4. The summed E-state index contributed by atoms with van der Waals surface area (Å²) in [6.07, 6.45) is 1.17. The quantitative estimate of drug-likeness (QED) is 0.0584. The lowest BCUT2D eigenvalue weighted by Gasteiger charge is -2.37. The van der Waals surface area contributed by atoms with Crippen LogP contribution in [0.4, 0.5) is 17.2 Å². The molecule has 3 aliphatic rings. The van der Waals surface area contributed by atoms with Gasteiger partial charge in [0.05, 0.1) is 67.6 Å². The molecule has 2 aromatic heterocycles. The number of phenols is 1. The Morgan fingerprint density at radius 1 is 0.842 bits per heavy atom. The van der Waals surface area contributed by atoms with Gasteiger partial charge in [0.2, 0.25) is 23.6 Å². The average Bonchev–Trinajstić information content (AvgIpc) is 4.06. The van der Waals surface area contributed by atoms with Crippen molar-refractivity contribution in [2.45, 2.75) is 97.1 Å². The number of β-amino-alcohol motifs (C(OH)–C–C–N with tert-alkyl or cyclic N) is 1. The number of rotatable bonds is 20. The Bertz CT molecular complexity index is 2760. The predicted molar refractivity (Wildman–Crippen MR) is 292 cm³/mol. The van der Waals surface area contributed by atoms with Gasteiger partial charge in [-0.2, -0.15) is 0 Å². The zero-order chi connectivity index (χ0) is 53.9. The lowest BCUT2D eigenvalue weighted by molar-refractivity contribution is -0.144. The fraction of sp³-hybridized carbons (Fsp3) is 0.482. The van der Waals surface area contributed by atoms with Gasteiger partial charge >= 0.3 is 0 Å². The third-order valence-electron chi connectivity index (χ3n) is 14.2. The Morgan fingerprint density at radius 2 is 1.53 bits per heavy atom. The molecule has 3 fully saturated rings. The summed E-state index contributed by atoms with van der Waals surface area (Å²) in [4.78, 5) is 67.3. The maximum atomic E-state index is 14.1. The van der Waals surface area contributed by atoms with Crippen LogP contribution in [0.1, 0.15) is 77.1 Å². The van der Waals surface area contributed by atoms with Crippen LogP contribution in [0, 0.1) is 12.3 Å². The lowest BCUT2D eigenvalue weighted by Crippen LogP contribution is -2.58. The summed E-state index contributed by atoms with van der Waals surface area (Å²) < 4.78 is 17.8. The highest BCUT2D eigenvalue weighted by atomic mass is 32.1. The van der Waals surface area contributed by atoms with Gasteiger partial charge in [-0.25, -0.2) is 4.98 Å². The van der Waals surface area contributed by atoms with E-state index in [1.807, 2.05) is 75.4 Å². The van der Waals surface area contributed by atoms with Crippen molar-refractivity contribution in [3.8, 4) is 33.2 Å². The second-order valence-corrected chi connectivity index (χ2v) is 21.7. The lowest BCUT2D eigenvalue weighted by atomic mass is 9.85. The van der Waals surface area contributed by atoms with E-state index >= 15 is 0 Å². The number of amides is 4. The minimum absolute atomic E-state index is 0.00132. The van der Waals surface area contributed by atoms with Crippen molar-refractivity contribution in [1.82, 2.24) is 35.6 Å². The van der Waals surface area contributed by atoms with Crippen LogP contribution in [0.15, 0.2) is 84.4 Å². The Kier molecular flexibility index (Phi) is 18.4. The van der Waals surface area contributed by atoms with Gasteiger partial charge in [0.25, 0.3) is 0 Å². The van der Waals surface area contributed by atoms with E-state index in [0.29, 0.717) is 49.7 Å². The van der Waals surface area contributed by atoms with Crippen LogP contribution in [-0.2, 0) is 28.7 Å². The molecular weight excluding hydrogens is 989 g/mol. The minimum atomic E-state index is -0.953. The van der Waals surface area contributed by atoms with E-state index in [9.17, 15) is 29.4 Å². The molecule has 3 aliphatic heterocycles. The first-order valence-corrected chi connectivity index (χ1v) is 27.1. The molecule has 76 heavy (non-hydrogen) atoms. The number of phenolic OH excluding ortho intramolecular Hbond substituents is 1. The van der Waals surface area contributed by atoms with E-state index in [1.165, 1.54) is 4.90 Å². The van der Waals surface area contributed by atoms with Crippen LogP contribution >= 0.6 is 11.3 Å². The molecule has 5 aromatic rings. The van der Waals surface area contributed by atoms with Gasteiger partial charge in [-0.15, -0.1) is 21.5 Å². The maximum Gasteiger partial charge on any atom is 0.246 e. The zero-order valence-corrected chi connectivity index (χ0v) is 45.0. The van der Waals surface area contributed by atoms with Gasteiger partial charge in [0, 0.05) is 75.1 Å². The molecule has 3 saturated heterocycles. The number of hydrogen-bond donors (Lipinski definition) is 5. The van der Waals surface area contributed by atoms with E-state index < -0.39 is 29.5 Å². The van der Waals surface area contributed by atoms with Crippen molar-refractivity contribution in [3.63, 3.8) is 0 Å². The van der Waals surface area contributed by atoms with E-state index in [2.05, 4.69) is 59.9 Å². The number of benzene rings is 3. The van der Waals surface area contributed by atoms with Gasteiger partial charge in [-0.1, -0.05) is 57.2 Å². The number of hydrogen-bond acceptors (Lipinski definition) is 16. The first kappa shape index (κ1) is 55.4. The van der Waals surface area contributed by atoms with Crippen LogP contribution in [0.2, 0.25) is 0 Å². The number of aryl methyl sites for hydroxylation is 1. The van der Waals surface area contributed by atoms with Gasteiger partial charge in [0.15, 0.2) is 11.6 Å². The average molecular weight is 1060 g/mol. The number of nitrogens with one attached hydrogen (secondary N) is 2. The fourth-order valence-electron chi connectivity index (χ4n) is 9.89. The summed E-state index contributed by atoms with van der Waals surface area (Å²) in [7, 11) is 0. The molecular formula is C56H72N10O9S. The SMILES string of the molecule is Cc1ncsc1-c1ccc([C@H](C)NC(=O)[C@@H]2C[C@@H](O)CN2C(=O)[C@@H](NC(=O)CCOCCOCCC(=O)N2CCN(c3ccc(N4CCCC(Oc5cc(-c6ccccc6O)nnc5N)C4)cc3)CC2)C(C)(C)C)cc1. The molecule has 5 heterocycles. The molecule has 0 radical (unpaired) electrons. The van der Waals surface area contributed by atoms with Crippen molar-refractivity contribution in [3.05, 3.63) is 95.6 Å². The normalized spacial score (nSPS) is 18.8. The number of piperidine rings is 1. The van der Waals surface area contributed by atoms with Crippen LogP contribution in [0.25, 0.3) is 21.7 Å². The van der Waals surface area contributed by atoms with Gasteiger partial charge in [-0.3, -0.25) is 19.2 Å². The molecule has 4 amide bonds. The highest BCUT2D eigenvalue weighted by molar-refractivity contribution is 7.13. The van der Waals surface area contributed by atoms with Gasteiger partial charge in [0.1, 0.15) is 29.6 Å². The Balaban J connectivity index is 0.701. The van der Waals surface area contributed by atoms with E-state index in [4.69, 9.17) is 19.9 Å². The molecule has 1 unspecified atom stereocenters. The first-order chi connectivity index (χ1) is 36.5. The summed E-state index contributed by atoms with van der Waals surface area (Å²) in [6, 6.07) is 22.9. The van der Waals surface area contributed by atoms with Gasteiger partial charge < -0.3 is 60.4 Å². The molecule has 5 atom stereocenters. The molecule has 19 nitrogen and oxygen atoms in total. The number of carbonyl (C=O) groups excluding carboxylic acids is 4. The number of nitrogens with zero attached hydrogens (tertiary/aromatic N) is 7. The highest BCUT2D eigenvalue weighted by Crippen LogP contribution is 2.34. The summed E-state index contributed by atoms with van der Waals surface area (Å²) in [5.41, 5.74) is 13.4. The number of aromatic hydroxyl groups is 1. The van der Waals surface area contributed by atoms with Crippen LogP contribution in [-0.4, -0.2) is 155 Å². The first-order valence-electron chi connectivity index (χ1n) is 26.2. The van der Waals surface area contributed by atoms with E-state index in [-0.39, 0.29) is 93.7 Å². The monoisotopic (exact) mass is 1060 g/mol. The number of aliphatic hydroxyl groups is 1. The number of piperazine rings is 1. The topological polar surface area (TPSA) is 238 Å². The number of nitrogens with two attached hydrogens (primary N) is 1. The highest BCUT2D eigenvalue weighted by Gasteiger charge is 2.45. The second-order valence-electron chi connectivity index (χ2n) is 20.8. The molecule has 6 N–H and O–H groups in total. The van der Waals surface area contributed by atoms with Crippen molar-refractivity contribution in [1.29, 1.82) is 0 Å². The van der Waals surface area contributed by atoms with Crippen molar-refractivity contribution >= 4 is 52.2 Å². The molecule has 406 valence electrons. The number of ether oxygens (including phenoxy) is 3. The zero-order valence-electron chi connectivity index (χ0n) is 44.2. The molecule has 0 aliphatic carbocycles.